The molecule has 4 N–H and O–H groups in total. The Balaban J connectivity index is 1.55. The molecule has 0 bridgehead atoms. The molecule has 3 aromatic rings. The van der Waals surface area contributed by atoms with Crippen LogP contribution in [0.1, 0.15) is 16.8 Å². The number of carbonyl (C=O) groups is 4. The van der Waals surface area contributed by atoms with Crippen LogP contribution in [0.3, 0.4) is 0 Å². The molecule has 1 heterocycles. The zero-order valence-electron chi connectivity index (χ0n) is 17.1. The fourth-order valence-corrected chi connectivity index (χ4v) is 3.56. The first-order valence-electron chi connectivity index (χ1n) is 9.64. The highest BCUT2D eigenvalue weighted by Crippen LogP contribution is 2.24. The lowest BCUT2D eigenvalue weighted by molar-refractivity contribution is -0.150. The van der Waals surface area contributed by atoms with Crippen molar-refractivity contribution >= 4 is 51.8 Å². The number of benzene rings is 2. The number of nitrogens with two attached hydrogens (primary N) is 1. The van der Waals surface area contributed by atoms with E-state index < -0.39 is 42.8 Å². The van der Waals surface area contributed by atoms with Crippen LogP contribution < -0.4 is 16.4 Å². The topological polar surface area (TPSA) is 140 Å². The zero-order chi connectivity index (χ0) is 23.8. The van der Waals surface area contributed by atoms with Gasteiger partial charge in [-0.05, 0) is 24.3 Å². The van der Waals surface area contributed by atoms with Gasteiger partial charge >= 0.3 is 5.97 Å². The summed E-state index contributed by atoms with van der Waals surface area (Å²) in [6.07, 6.45) is -0.493. The summed E-state index contributed by atoms with van der Waals surface area (Å²) in [6, 6.07) is 14.0. The number of rotatable bonds is 9. The van der Waals surface area contributed by atoms with Crippen molar-refractivity contribution in [1.82, 2.24) is 10.3 Å². The quantitative estimate of drug-likeness (QED) is 0.397. The molecule has 11 heteroatoms. The number of primary amides is 1. The number of hydrogen-bond acceptors (Lipinski definition) is 7. The van der Waals surface area contributed by atoms with E-state index in [1.807, 2.05) is 30.3 Å². The van der Waals surface area contributed by atoms with Gasteiger partial charge in [0.15, 0.2) is 11.7 Å². The Kier molecular flexibility index (Phi) is 8.11. The number of hydrogen-bond donors (Lipinski definition) is 3. The number of anilines is 1. The molecule has 0 aliphatic rings. The molecule has 0 spiro atoms. The third-order valence-corrected chi connectivity index (χ3v) is 5.28. The van der Waals surface area contributed by atoms with Gasteiger partial charge in [0.1, 0.15) is 6.04 Å². The predicted octanol–water partition coefficient (Wildman–Crippen LogP) is 2.62. The Morgan fingerprint density at radius 2 is 1.76 bits per heavy atom. The average molecular weight is 487 g/mol. The van der Waals surface area contributed by atoms with Crippen LogP contribution in [0.15, 0.2) is 60.0 Å². The first kappa shape index (κ1) is 23.9. The SMILES string of the molecule is NC(=O)C[C@H](NC(=O)c1ccc(Cl)cc1)C(=O)OCC(=O)Nc1nc(-c2ccccc2)cs1. The lowest BCUT2D eigenvalue weighted by Crippen LogP contribution is -2.44. The first-order valence-corrected chi connectivity index (χ1v) is 10.9. The minimum atomic E-state index is -1.36. The van der Waals surface area contributed by atoms with Crippen molar-refractivity contribution in [3.05, 3.63) is 70.6 Å². The van der Waals surface area contributed by atoms with Crippen molar-refractivity contribution in [2.45, 2.75) is 12.5 Å². The third-order valence-electron chi connectivity index (χ3n) is 4.27. The molecule has 3 amide bonds. The highest BCUT2D eigenvalue weighted by atomic mass is 35.5. The Hall–Kier alpha value is -3.76. The molecule has 0 aliphatic carbocycles. The van der Waals surface area contributed by atoms with Gasteiger partial charge in [0, 0.05) is 21.5 Å². The Morgan fingerprint density at radius 3 is 2.42 bits per heavy atom. The lowest BCUT2D eigenvalue weighted by Gasteiger charge is -2.16. The van der Waals surface area contributed by atoms with Crippen molar-refractivity contribution in [1.29, 1.82) is 0 Å². The maximum Gasteiger partial charge on any atom is 0.329 e. The second kappa shape index (κ2) is 11.2. The van der Waals surface area contributed by atoms with Gasteiger partial charge in [0.2, 0.25) is 5.91 Å². The molecule has 3 rings (SSSR count). The highest BCUT2D eigenvalue weighted by Gasteiger charge is 2.26. The summed E-state index contributed by atoms with van der Waals surface area (Å²) in [5.41, 5.74) is 6.98. The summed E-state index contributed by atoms with van der Waals surface area (Å²) in [4.78, 5) is 52.6. The van der Waals surface area contributed by atoms with E-state index in [1.165, 1.54) is 35.6 Å². The largest absolute Gasteiger partial charge is 0.454 e. The van der Waals surface area contributed by atoms with Crippen molar-refractivity contribution in [2.24, 2.45) is 5.73 Å². The maximum atomic E-state index is 12.4. The van der Waals surface area contributed by atoms with Gasteiger partial charge in [0.25, 0.3) is 11.8 Å². The number of ether oxygens (including phenoxy) is 1. The summed E-state index contributed by atoms with van der Waals surface area (Å²) in [7, 11) is 0. The van der Waals surface area contributed by atoms with E-state index in [0.717, 1.165) is 5.56 Å². The van der Waals surface area contributed by atoms with Gasteiger partial charge in [0.05, 0.1) is 12.1 Å². The number of thiazole rings is 1. The van der Waals surface area contributed by atoms with Crippen LogP contribution in [0, 0.1) is 0 Å². The molecule has 0 aliphatic heterocycles. The molecule has 1 atom stereocenters. The average Bonchev–Trinajstić information content (AvgIpc) is 3.26. The summed E-state index contributed by atoms with van der Waals surface area (Å²) in [5, 5.41) is 7.47. The van der Waals surface area contributed by atoms with E-state index in [-0.39, 0.29) is 5.56 Å². The summed E-state index contributed by atoms with van der Waals surface area (Å²) in [5.74, 6) is -3.06. The number of nitrogens with zero attached hydrogens (tertiary/aromatic N) is 1. The van der Waals surface area contributed by atoms with Gasteiger partial charge in [-0.1, -0.05) is 41.9 Å². The number of halogens is 1. The van der Waals surface area contributed by atoms with E-state index in [2.05, 4.69) is 15.6 Å². The van der Waals surface area contributed by atoms with Crippen LogP contribution in [0.2, 0.25) is 5.02 Å². The predicted molar refractivity (Wildman–Crippen MR) is 124 cm³/mol. The smallest absolute Gasteiger partial charge is 0.329 e. The minimum absolute atomic E-state index is 0.220. The van der Waals surface area contributed by atoms with Crippen molar-refractivity contribution in [3.8, 4) is 11.3 Å². The number of nitrogens with one attached hydrogen (secondary N) is 2. The van der Waals surface area contributed by atoms with Gasteiger partial charge in [-0.25, -0.2) is 9.78 Å². The zero-order valence-corrected chi connectivity index (χ0v) is 18.7. The van der Waals surface area contributed by atoms with E-state index >= 15 is 0 Å². The Bertz CT molecular complexity index is 1150. The standard InChI is InChI=1S/C22H19ClN4O5S/c23-15-8-6-14(7-9-15)20(30)25-16(10-18(24)28)21(31)32-11-19(29)27-22-26-17(12-33-22)13-4-2-1-3-5-13/h1-9,12,16H,10-11H2,(H2,24,28)(H,25,30)(H,26,27,29)/t16-/m0/s1. The molecule has 2 aromatic carbocycles. The second-order valence-corrected chi connectivity index (χ2v) is 8.06. The normalized spacial score (nSPS) is 11.3. The summed E-state index contributed by atoms with van der Waals surface area (Å²) >= 11 is 7.01. The molecule has 0 saturated carbocycles. The minimum Gasteiger partial charge on any atom is -0.454 e. The first-order chi connectivity index (χ1) is 15.8. The molecule has 33 heavy (non-hydrogen) atoms. The number of aromatic nitrogens is 1. The number of amides is 3. The van der Waals surface area contributed by atoms with Crippen molar-refractivity contribution in [2.75, 3.05) is 11.9 Å². The molecule has 0 fully saturated rings. The lowest BCUT2D eigenvalue weighted by atomic mass is 10.1. The van der Waals surface area contributed by atoms with Crippen LogP contribution >= 0.6 is 22.9 Å². The van der Waals surface area contributed by atoms with E-state index in [9.17, 15) is 19.2 Å². The third kappa shape index (κ3) is 7.13. The second-order valence-electron chi connectivity index (χ2n) is 6.76. The molecule has 0 unspecified atom stereocenters. The molecular formula is C22H19ClN4O5S. The molecule has 170 valence electrons. The fourth-order valence-electron chi connectivity index (χ4n) is 2.70. The Morgan fingerprint density at radius 1 is 1.06 bits per heavy atom. The van der Waals surface area contributed by atoms with E-state index in [0.29, 0.717) is 15.8 Å². The van der Waals surface area contributed by atoms with Gasteiger partial charge in [-0.3, -0.25) is 19.7 Å². The molecule has 0 radical (unpaired) electrons. The highest BCUT2D eigenvalue weighted by molar-refractivity contribution is 7.14. The van der Waals surface area contributed by atoms with Crippen LogP contribution in [0.4, 0.5) is 5.13 Å². The summed E-state index contributed by atoms with van der Waals surface area (Å²) in [6.45, 7) is -0.634. The monoisotopic (exact) mass is 486 g/mol. The van der Waals surface area contributed by atoms with Crippen LogP contribution in [-0.4, -0.2) is 41.3 Å². The van der Waals surface area contributed by atoms with Crippen molar-refractivity contribution in [3.63, 3.8) is 0 Å². The number of carbonyl (C=O) groups excluding carboxylic acids is 4. The van der Waals surface area contributed by atoms with Crippen LogP contribution in [0.25, 0.3) is 11.3 Å². The Labute approximate surface area is 197 Å². The van der Waals surface area contributed by atoms with Crippen molar-refractivity contribution < 1.29 is 23.9 Å². The summed E-state index contributed by atoms with van der Waals surface area (Å²) < 4.78 is 4.97. The van der Waals surface area contributed by atoms with E-state index in [4.69, 9.17) is 22.1 Å². The molecular weight excluding hydrogens is 468 g/mol. The van der Waals surface area contributed by atoms with Gasteiger partial charge < -0.3 is 15.8 Å². The molecule has 9 nitrogen and oxygen atoms in total. The molecule has 1 aromatic heterocycles. The van der Waals surface area contributed by atoms with Gasteiger partial charge in [-0.15, -0.1) is 11.3 Å². The van der Waals surface area contributed by atoms with E-state index in [1.54, 1.807) is 5.38 Å². The van der Waals surface area contributed by atoms with Crippen LogP contribution in [-0.2, 0) is 19.1 Å². The van der Waals surface area contributed by atoms with Gasteiger partial charge in [-0.2, -0.15) is 0 Å². The number of esters is 1. The fraction of sp³-hybridized carbons (Fsp3) is 0.136. The maximum absolute atomic E-state index is 12.4. The molecule has 0 saturated heterocycles. The van der Waals surface area contributed by atoms with Crippen LogP contribution in [0.5, 0.6) is 0 Å².